The van der Waals surface area contributed by atoms with Gasteiger partial charge in [0.1, 0.15) is 0 Å². The lowest BCUT2D eigenvalue weighted by molar-refractivity contribution is -0.0135. The Balaban J connectivity index is 1.43. The highest BCUT2D eigenvalue weighted by Gasteiger charge is 2.53. The average molecular weight is 333 g/mol. The van der Waals surface area contributed by atoms with Crippen molar-refractivity contribution >= 4 is 0 Å². The third-order valence-electron chi connectivity index (χ3n) is 8.43. The molecule has 2 fully saturated rings. The number of allylic oxidation sites excluding steroid dienone is 4. The molecule has 5 atom stereocenters. The van der Waals surface area contributed by atoms with Gasteiger partial charge < -0.3 is 0 Å². The lowest BCUT2D eigenvalue weighted by Crippen LogP contribution is -2.51. The molecule has 4 aliphatic rings. The van der Waals surface area contributed by atoms with Gasteiger partial charge in [0.05, 0.1) is 0 Å². The normalized spacial score (nSPS) is 40.5. The molecule has 132 valence electrons. The molecule has 0 nitrogen and oxygen atoms in total. The van der Waals surface area contributed by atoms with E-state index in [4.69, 9.17) is 0 Å². The van der Waals surface area contributed by atoms with Crippen LogP contribution >= 0.6 is 0 Å². The Morgan fingerprint density at radius 2 is 1.88 bits per heavy atom. The summed E-state index contributed by atoms with van der Waals surface area (Å²) >= 11 is 0. The van der Waals surface area contributed by atoms with Crippen LogP contribution in [0.5, 0.6) is 0 Å². The highest BCUT2D eigenvalue weighted by molar-refractivity contribution is 5.39. The zero-order valence-corrected chi connectivity index (χ0v) is 16.1. The highest BCUT2D eigenvalue weighted by Crippen LogP contribution is 2.60. The lowest BCUT2D eigenvalue weighted by Gasteiger charge is -2.58. The van der Waals surface area contributed by atoms with Crippen LogP contribution in [0.25, 0.3) is 0 Å². The van der Waals surface area contributed by atoms with Crippen molar-refractivity contribution < 1.29 is 0 Å². The maximum absolute atomic E-state index is 2.60. The SMILES string of the molecule is CC1(C)[C@@H](CC2=CC3CC3C=C2)CC[C@]2(C)c3ccccc3CC[C@@H]12. The van der Waals surface area contributed by atoms with E-state index in [0.29, 0.717) is 10.8 Å². The Hall–Kier alpha value is -1.30. The summed E-state index contributed by atoms with van der Waals surface area (Å²) in [4.78, 5) is 0. The maximum atomic E-state index is 2.60. The molecule has 0 heteroatoms. The van der Waals surface area contributed by atoms with Gasteiger partial charge in [-0.2, -0.15) is 0 Å². The van der Waals surface area contributed by atoms with E-state index in [1.165, 1.54) is 38.5 Å². The van der Waals surface area contributed by atoms with E-state index in [1.807, 2.05) is 0 Å². The molecular formula is C25H32. The van der Waals surface area contributed by atoms with Gasteiger partial charge in [-0.3, -0.25) is 0 Å². The minimum Gasteiger partial charge on any atom is -0.0805 e. The molecule has 0 N–H and O–H groups in total. The number of aryl methyl sites for hydroxylation is 1. The van der Waals surface area contributed by atoms with Crippen LogP contribution in [0.4, 0.5) is 0 Å². The van der Waals surface area contributed by atoms with Crippen LogP contribution in [0.3, 0.4) is 0 Å². The van der Waals surface area contributed by atoms with Gasteiger partial charge in [-0.05, 0) is 84.2 Å². The molecule has 0 bridgehead atoms. The summed E-state index contributed by atoms with van der Waals surface area (Å²) in [5.74, 6) is 3.43. The predicted octanol–water partition coefficient (Wildman–Crippen LogP) is 6.47. The Labute approximate surface area is 153 Å². The van der Waals surface area contributed by atoms with Crippen LogP contribution in [0.1, 0.15) is 64.0 Å². The van der Waals surface area contributed by atoms with Crippen LogP contribution < -0.4 is 0 Å². The summed E-state index contributed by atoms with van der Waals surface area (Å²) in [5.41, 5.74) is 5.73. The zero-order valence-electron chi connectivity index (χ0n) is 16.1. The van der Waals surface area contributed by atoms with Gasteiger partial charge in [0.15, 0.2) is 0 Å². The number of fused-ring (bicyclic) bond motifs is 4. The summed E-state index contributed by atoms with van der Waals surface area (Å²) in [6, 6.07) is 9.29. The number of hydrogen-bond donors (Lipinski definition) is 0. The van der Waals surface area contributed by atoms with Crippen molar-refractivity contribution in [3.05, 3.63) is 59.2 Å². The quantitative estimate of drug-likeness (QED) is 0.582. The van der Waals surface area contributed by atoms with Crippen molar-refractivity contribution in [2.24, 2.45) is 29.1 Å². The minimum absolute atomic E-state index is 0.382. The largest absolute Gasteiger partial charge is 0.0805 e. The fourth-order valence-electron chi connectivity index (χ4n) is 6.75. The number of rotatable bonds is 2. The van der Waals surface area contributed by atoms with Gasteiger partial charge in [-0.1, -0.05) is 68.8 Å². The van der Waals surface area contributed by atoms with Gasteiger partial charge in [0.25, 0.3) is 0 Å². The average Bonchev–Trinajstić information content (AvgIpc) is 3.36. The molecule has 0 heterocycles. The van der Waals surface area contributed by atoms with E-state index >= 15 is 0 Å². The van der Waals surface area contributed by atoms with Gasteiger partial charge in [0, 0.05) is 0 Å². The molecule has 25 heavy (non-hydrogen) atoms. The fraction of sp³-hybridized carbons (Fsp3) is 0.600. The van der Waals surface area contributed by atoms with Crippen molar-refractivity contribution in [2.75, 3.05) is 0 Å². The summed E-state index contributed by atoms with van der Waals surface area (Å²) in [5, 5.41) is 0. The molecule has 0 aliphatic heterocycles. The van der Waals surface area contributed by atoms with E-state index in [-0.39, 0.29) is 0 Å². The Morgan fingerprint density at radius 3 is 2.72 bits per heavy atom. The van der Waals surface area contributed by atoms with Gasteiger partial charge in [-0.15, -0.1) is 0 Å². The summed E-state index contributed by atoms with van der Waals surface area (Å²) in [6.07, 6.45) is 15.6. The minimum atomic E-state index is 0.382. The second kappa shape index (κ2) is 5.35. The molecule has 2 unspecified atom stereocenters. The highest BCUT2D eigenvalue weighted by atomic mass is 14.6. The second-order valence-electron chi connectivity index (χ2n) is 10.1. The number of hydrogen-bond acceptors (Lipinski definition) is 0. The van der Waals surface area contributed by atoms with Gasteiger partial charge >= 0.3 is 0 Å². The first-order chi connectivity index (χ1) is 12.0. The van der Waals surface area contributed by atoms with Crippen molar-refractivity contribution in [2.45, 2.75) is 64.7 Å². The molecule has 2 saturated carbocycles. The van der Waals surface area contributed by atoms with Crippen molar-refractivity contribution in [1.82, 2.24) is 0 Å². The molecule has 0 saturated heterocycles. The third-order valence-corrected chi connectivity index (χ3v) is 8.43. The van der Waals surface area contributed by atoms with Crippen LogP contribution in [0.2, 0.25) is 0 Å². The topological polar surface area (TPSA) is 0 Å². The van der Waals surface area contributed by atoms with Crippen LogP contribution in [0.15, 0.2) is 48.1 Å². The van der Waals surface area contributed by atoms with E-state index in [1.54, 1.807) is 16.7 Å². The molecule has 1 aromatic carbocycles. The van der Waals surface area contributed by atoms with E-state index < -0.39 is 0 Å². The summed E-state index contributed by atoms with van der Waals surface area (Å²) < 4.78 is 0. The summed E-state index contributed by atoms with van der Waals surface area (Å²) in [6.45, 7) is 7.74. The Bertz CT molecular complexity index is 749. The molecule has 0 spiro atoms. The smallest absolute Gasteiger partial charge is 0.00389 e. The van der Waals surface area contributed by atoms with Crippen LogP contribution in [0, 0.1) is 29.1 Å². The molecular weight excluding hydrogens is 300 g/mol. The molecule has 1 aromatic rings. The van der Waals surface area contributed by atoms with Gasteiger partial charge in [-0.25, -0.2) is 0 Å². The first-order valence-corrected chi connectivity index (χ1v) is 10.5. The zero-order chi connectivity index (χ0) is 17.2. The van der Waals surface area contributed by atoms with E-state index in [2.05, 4.69) is 63.3 Å². The van der Waals surface area contributed by atoms with Crippen molar-refractivity contribution in [3.8, 4) is 0 Å². The molecule has 4 aliphatic carbocycles. The van der Waals surface area contributed by atoms with Gasteiger partial charge in [0.2, 0.25) is 0 Å². The third kappa shape index (κ3) is 2.40. The Kier molecular flexibility index (Phi) is 3.41. The predicted molar refractivity (Wildman–Crippen MR) is 106 cm³/mol. The lowest BCUT2D eigenvalue weighted by atomic mass is 9.47. The van der Waals surface area contributed by atoms with E-state index in [9.17, 15) is 0 Å². The first kappa shape index (κ1) is 15.9. The summed E-state index contributed by atoms with van der Waals surface area (Å²) in [7, 11) is 0. The molecule has 0 amide bonds. The first-order valence-electron chi connectivity index (χ1n) is 10.5. The molecule has 0 aromatic heterocycles. The maximum Gasteiger partial charge on any atom is -0.00389 e. The van der Waals surface area contributed by atoms with Crippen molar-refractivity contribution in [1.29, 1.82) is 0 Å². The van der Waals surface area contributed by atoms with Crippen molar-refractivity contribution in [3.63, 3.8) is 0 Å². The standard InChI is InChI=1S/C25H32/c1-24(2)21(15-17-8-9-19-16-20(19)14-17)12-13-25(3)22-7-5-4-6-18(22)10-11-23(24)25/h4-9,14,19-21,23H,10-13,15-16H2,1-3H3/t19?,20?,21-,23+,25-/m1/s1. The van der Waals surface area contributed by atoms with E-state index in [0.717, 1.165) is 23.7 Å². The molecule has 0 radical (unpaired) electrons. The molecule has 5 rings (SSSR count). The second-order valence-corrected chi connectivity index (χ2v) is 10.1. The fourth-order valence-corrected chi connectivity index (χ4v) is 6.75. The monoisotopic (exact) mass is 332 g/mol. The number of benzene rings is 1. The van der Waals surface area contributed by atoms with Crippen LogP contribution in [-0.2, 0) is 11.8 Å². The van der Waals surface area contributed by atoms with Crippen LogP contribution in [-0.4, -0.2) is 0 Å². The Morgan fingerprint density at radius 1 is 1.04 bits per heavy atom.